The van der Waals surface area contributed by atoms with Crippen molar-refractivity contribution in [2.24, 2.45) is 0 Å². The number of halogens is 1. The number of hydrogen-bond acceptors (Lipinski definition) is 6. The molecule has 0 bridgehead atoms. The number of rotatable bonds is 5. The lowest BCUT2D eigenvalue weighted by Crippen LogP contribution is -2.41. The number of aromatic nitrogens is 1. The SMILES string of the molecule is O=C(COC(=O)c1cncc(Br)c1)NC(=O)NCc1ccco1. The van der Waals surface area contributed by atoms with E-state index in [9.17, 15) is 14.4 Å². The molecule has 2 aromatic rings. The molecule has 2 aromatic heterocycles. The normalized spacial score (nSPS) is 9.96. The van der Waals surface area contributed by atoms with Crippen molar-refractivity contribution in [3.63, 3.8) is 0 Å². The molecule has 0 fully saturated rings. The lowest BCUT2D eigenvalue weighted by Gasteiger charge is -2.06. The van der Waals surface area contributed by atoms with Crippen molar-refractivity contribution in [2.45, 2.75) is 6.54 Å². The van der Waals surface area contributed by atoms with E-state index in [0.29, 0.717) is 10.2 Å². The van der Waals surface area contributed by atoms with Gasteiger partial charge in [-0.1, -0.05) is 0 Å². The van der Waals surface area contributed by atoms with Crippen LogP contribution in [0.2, 0.25) is 0 Å². The molecule has 2 N–H and O–H groups in total. The van der Waals surface area contributed by atoms with E-state index in [2.05, 4.69) is 26.2 Å². The minimum atomic E-state index is -0.752. The number of pyridine rings is 1. The summed E-state index contributed by atoms with van der Waals surface area (Å²) in [5.74, 6) is -0.927. The number of furan rings is 1. The van der Waals surface area contributed by atoms with Gasteiger partial charge in [0.2, 0.25) is 0 Å². The van der Waals surface area contributed by atoms with E-state index in [1.807, 2.05) is 5.32 Å². The van der Waals surface area contributed by atoms with Gasteiger partial charge >= 0.3 is 12.0 Å². The fourth-order valence-corrected chi connectivity index (χ4v) is 1.89. The third-order valence-electron chi connectivity index (χ3n) is 2.53. The van der Waals surface area contributed by atoms with Crippen LogP contribution in [0, 0.1) is 0 Å². The maximum Gasteiger partial charge on any atom is 0.340 e. The van der Waals surface area contributed by atoms with Crippen molar-refractivity contribution >= 4 is 33.8 Å². The molecular weight excluding hydrogens is 370 g/mol. The first-order valence-electron chi connectivity index (χ1n) is 6.42. The van der Waals surface area contributed by atoms with Gasteiger partial charge in [-0.25, -0.2) is 9.59 Å². The minimum Gasteiger partial charge on any atom is -0.467 e. The Morgan fingerprint density at radius 3 is 2.83 bits per heavy atom. The van der Waals surface area contributed by atoms with Crippen LogP contribution in [0.4, 0.5) is 4.79 Å². The largest absolute Gasteiger partial charge is 0.467 e. The number of carbonyl (C=O) groups is 3. The lowest BCUT2D eigenvalue weighted by atomic mass is 10.3. The second kappa shape index (κ2) is 8.08. The van der Waals surface area contributed by atoms with E-state index >= 15 is 0 Å². The zero-order chi connectivity index (χ0) is 16.7. The first-order chi connectivity index (χ1) is 11.0. The summed E-state index contributed by atoms with van der Waals surface area (Å²) in [6.45, 7) is -0.449. The van der Waals surface area contributed by atoms with Gasteiger partial charge in [0.25, 0.3) is 5.91 Å². The van der Waals surface area contributed by atoms with Crippen LogP contribution >= 0.6 is 15.9 Å². The summed E-state index contributed by atoms with van der Waals surface area (Å²) < 4.78 is 10.4. The molecule has 3 amide bonds. The van der Waals surface area contributed by atoms with Gasteiger partial charge in [0, 0.05) is 16.9 Å². The van der Waals surface area contributed by atoms with Gasteiger partial charge in [-0.3, -0.25) is 15.1 Å². The number of imide groups is 1. The third kappa shape index (κ3) is 5.55. The standard InChI is InChI=1S/C14H12BrN3O5/c15-10-4-9(5-16-6-10)13(20)23-8-12(19)18-14(21)17-7-11-2-1-3-22-11/h1-6H,7-8H2,(H2,17,18,19,21). The van der Waals surface area contributed by atoms with Crippen LogP contribution in [0.25, 0.3) is 0 Å². The fraction of sp³-hybridized carbons (Fsp3) is 0.143. The van der Waals surface area contributed by atoms with Crippen LogP contribution in [0.1, 0.15) is 16.1 Å². The number of ether oxygens (including phenoxy) is 1. The molecule has 0 aromatic carbocycles. The monoisotopic (exact) mass is 381 g/mol. The van der Waals surface area contributed by atoms with Crippen molar-refractivity contribution < 1.29 is 23.5 Å². The van der Waals surface area contributed by atoms with Crippen molar-refractivity contribution in [1.82, 2.24) is 15.6 Å². The van der Waals surface area contributed by atoms with Gasteiger partial charge in [-0.05, 0) is 34.1 Å². The second-order valence-corrected chi connectivity index (χ2v) is 5.19. The Morgan fingerprint density at radius 1 is 1.30 bits per heavy atom. The third-order valence-corrected chi connectivity index (χ3v) is 2.96. The quantitative estimate of drug-likeness (QED) is 0.761. The highest BCUT2D eigenvalue weighted by Gasteiger charge is 2.13. The average molecular weight is 382 g/mol. The minimum absolute atomic E-state index is 0.135. The van der Waals surface area contributed by atoms with Gasteiger partial charge in [0.15, 0.2) is 6.61 Å². The number of amides is 3. The van der Waals surface area contributed by atoms with Crippen molar-refractivity contribution in [1.29, 1.82) is 0 Å². The van der Waals surface area contributed by atoms with E-state index in [1.165, 1.54) is 24.7 Å². The van der Waals surface area contributed by atoms with Gasteiger partial charge < -0.3 is 14.5 Å². The van der Waals surface area contributed by atoms with Gasteiger partial charge in [0.05, 0.1) is 18.4 Å². The summed E-state index contributed by atoms with van der Waals surface area (Å²) in [4.78, 5) is 38.5. The molecule has 0 aliphatic rings. The molecule has 0 unspecified atom stereocenters. The Morgan fingerprint density at radius 2 is 2.13 bits per heavy atom. The predicted octanol–water partition coefficient (Wildman–Crippen LogP) is 1.62. The average Bonchev–Trinajstić information content (AvgIpc) is 3.04. The van der Waals surface area contributed by atoms with Crippen LogP contribution in [0.5, 0.6) is 0 Å². The smallest absolute Gasteiger partial charge is 0.340 e. The van der Waals surface area contributed by atoms with E-state index in [-0.39, 0.29) is 12.1 Å². The van der Waals surface area contributed by atoms with Gasteiger partial charge in [0.1, 0.15) is 5.76 Å². The van der Waals surface area contributed by atoms with Crippen LogP contribution in [0.3, 0.4) is 0 Å². The van der Waals surface area contributed by atoms with Crippen LogP contribution in [-0.2, 0) is 16.1 Å². The summed E-state index contributed by atoms with van der Waals surface area (Å²) in [6, 6.07) is 4.14. The molecule has 120 valence electrons. The molecule has 2 rings (SSSR count). The topological polar surface area (TPSA) is 111 Å². The van der Waals surface area contributed by atoms with Gasteiger partial charge in [-0.2, -0.15) is 0 Å². The zero-order valence-electron chi connectivity index (χ0n) is 11.7. The highest BCUT2D eigenvalue weighted by molar-refractivity contribution is 9.10. The maximum atomic E-state index is 11.7. The maximum absolute atomic E-state index is 11.7. The van der Waals surface area contributed by atoms with Crippen molar-refractivity contribution in [3.05, 3.63) is 52.7 Å². The molecule has 0 saturated heterocycles. The summed E-state index contributed by atoms with van der Waals surface area (Å²) >= 11 is 3.17. The molecule has 0 atom stereocenters. The fourth-order valence-electron chi connectivity index (χ4n) is 1.53. The van der Waals surface area contributed by atoms with E-state index in [4.69, 9.17) is 9.15 Å². The number of urea groups is 1. The Labute approximate surface area is 139 Å². The predicted molar refractivity (Wildman–Crippen MR) is 81.3 cm³/mol. The molecule has 23 heavy (non-hydrogen) atoms. The molecule has 0 saturated carbocycles. The van der Waals surface area contributed by atoms with Crippen LogP contribution in [0.15, 0.2) is 45.7 Å². The van der Waals surface area contributed by atoms with E-state index in [1.54, 1.807) is 12.1 Å². The number of hydrogen-bond donors (Lipinski definition) is 2. The van der Waals surface area contributed by atoms with Crippen molar-refractivity contribution in [2.75, 3.05) is 6.61 Å². The summed E-state index contributed by atoms with van der Waals surface area (Å²) in [5, 5.41) is 4.45. The molecule has 0 spiro atoms. The summed E-state index contributed by atoms with van der Waals surface area (Å²) in [5.41, 5.74) is 0.189. The number of nitrogens with one attached hydrogen (secondary N) is 2. The molecule has 0 radical (unpaired) electrons. The van der Waals surface area contributed by atoms with Crippen LogP contribution < -0.4 is 10.6 Å². The Hall–Kier alpha value is -2.68. The first-order valence-corrected chi connectivity index (χ1v) is 7.21. The molecular formula is C14H12BrN3O5. The molecule has 0 aliphatic heterocycles. The van der Waals surface area contributed by atoms with Crippen LogP contribution in [-0.4, -0.2) is 29.5 Å². The lowest BCUT2D eigenvalue weighted by molar-refractivity contribution is -0.123. The number of nitrogens with zero attached hydrogens (tertiary/aromatic N) is 1. The van der Waals surface area contributed by atoms with E-state index in [0.717, 1.165) is 0 Å². The Kier molecular flexibility index (Phi) is 5.87. The molecule has 9 heteroatoms. The number of esters is 1. The Bertz CT molecular complexity index is 702. The van der Waals surface area contributed by atoms with Gasteiger partial charge in [-0.15, -0.1) is 0 Å². The highest BCUT2D eigenvalue weighted by Crippen LogP contribution is 2.10. The first kappa shape index (κ1) is 16.7. The Balaban J connectivity index is 1.72. The summed E-state index contributed by atoms with van der Waals surface area (Å²) in [6.07, 6.45) is 4.28. The van der Waals surface area contributed by atoms with Crippen molar-refractivity contribution in [3.8, 4) is 0 Å². The molecule has 2 heterocycles. The zero-order valence-corrected chi connectivity index (χ0v) is 13.3. The molecule has 0 aliphatic carbocycles. The highest BCUT2D eigenvalue weighted by atomic mass is 79.9. The van der Waals surface area contributed by atoms with E-state index < -0.39 is 24.5 Å². The second-order valence-electron chi connectivity index (χ2n) is 4.28. The molecule has 8 nitrogen and oxygen atoms in total. The number of carbonyl (C=O) groups excluding carboxylic acids is 3. The summed E-state index contributed by atoms with van der Waals surface area (Å²) in [7, 11) is 0.